The Hall–Kier alpha value is -3.06. The molecule has 0 fully saturated rings. The zero-order valence-corrected chi connectivity index (χ0v) is 14.1. The molecule has 2 heterocycles. The molecular weight excluding hydrogens is 359 g/mol. The van der Waals surface area contributed by atoms with Crippen LogP contribution in [0.15, 0.2) is 57.7 Å². The van der Waals surface area contributed by atoms with Gasteiger partial charge >= 0.3 is 5.97 Å². The normalized spacial score (nSPS) is 15.9. The maximum absolute atomic E-state index is 14.8. The fraction of sp³-hybridized carbons (Fsp3) is 0.111. The van der Waals surface area contributed by atoms with Gasteiger partial charge in [0.2, 0.25) is 0 Å². The summed E-state index contributed by atoms with van der Waals surface area (Å²) in [6.07, 6.45) is 0. The minimum atomic E-state index is -1.16. The molecule has 2 aliphatic rings. The maximum atomic E-state index is 14.8. The first-order chi connectivity index (χ1) is 12.6. The second-order valence-electron chi connectivity index (χ2n) is 5.73. The van der Waals surface area contributed by atoms with E-state index in [1.807, 2.05) is 0 Å². The Balaban J connectivity index is 1.93. The summed E-state index contributed by atoms with van der Waals surface area (Å²) >= 11 is 6.30. The van der Waals surface area contributed by atoms with Crippen LogP contribution in [0.25, 0.3) is 0 Å². The SMILES string of the molecule is O=C(O)C1=NN=C2CN=C(c3ccccc3Cl)c3c(F)cccc3N2C1. The van der Waals surface area contributed by atoms with E-state index in [1.54, 1.807) is 41.3 Å². The van der Waals surface area contributed by atoms with Crippen LogP contribution in [-0.4, -0.2) is 41.4 Å². The quantitative estimate of drug-likeness (QED) is 0.882. The van der Waals surface area contributed by atoms with Gasteiger partial charge in [-0.05, 0) is 18.2 Å². The number of benzene rings is 2. The number of aliphatic imine (C=N–C) groups is 1. The predicted molar refractivity (Wildman–Crippen MR) is 98.2 cm³/mol. The molecule has 8 heteroatoms. The van der Waals surface area contributed by atoms with Gasteiger partial charge in [-0.1, -0.05) is 35.9 Å². The molecule has 0 saturated heterocycles. The Morgan fingerprint density at radius 3 is 2.73 bits per heavy atom. The molecule has 4 rings (SSSR count). The summed E-state index contributed by atoms with van der Waals surface area (Å²) in [6, 6.07) is 11.7. The summed E-state index contributed by atoms with van der Waals surface area (Å²) in [4.78, 5) is 17.4. The van der Waals surface area contributed by atoms with E-state index in [2.05, 4.69) is 15.2 Å². The Morgan fingerprint density at radius 1 is 1.15 bits per heavy atom. The van der Waals surface area contributed by atoms with Crippen molar-refractivity contribution in [1.82, 2.24) is 0 Å². The molecular formula is C18H12ClFN4O2. The Bertz CT molecular complexity index is 1020. The van der Waals surface area contributed by atoms with Gasteiger partial charge in [0, 0.05) is 10.6 Å². The number of aliphatic carboxylic acids is 1. The molecule has 0 aliphatic carbocycles. The molecule has 0 saturated carbocycles. The van der Waals surface area contributed by atoms with Gasteiger partial charge in [-0.15, -0.1) is 10.2 Å². The summed E-state index contributed by atoms with van der Waals surface area (Å²) < 4.78 is 14.8. The number of rotatable bonds is 2. The number of halogens is 2. The highest BCUT2D eigenvalue weighted by Crippen LogP contribution is 2.32. The third-order valence-electron chi connectivity index (χ3n) is 4.18. The molecule has 0 atom stereocenters. The van der Waals surface area contributed by atoms with Crippen molar-refractivity contribution in [3.05, 3.63) is 64.4 Å². The third-order valence-corrected chi connectivity index (χ3v) is 4.51. The molecule has 0 unspecified atom stereocenters. The lowest BCUT2D eigenvalue weighted by Gasteiger charge is -2.27. The highest BCUT2D eigenvalue weighted by molar-refractivity contribution is 6.39. The summed E-state index contributed by atoms with van der Waals surface area (Å²) in [6.45, 7) is 0.112. The smallest absolute Gasteiger partial charge is 0.354 e. The number of hydrogen-bond donors (Lipinski definition) is 1. The van der Waals surface area contributed by atoms with E-state index < -0.39 is 11.8 Å². The summed E-state index contributed by atoms with van der Waals surface area (Å²) in [5.74, 6) is -1.19. The molecule has 0 radical (unpaired) electrons. The van der Waals surface area contributed by atoms with Gasteiger partial charge in [0.25, 0.3) is 0 Å². The number of fused-ring (bicyclic) bond motifs is 3. The highest BCUT2D eigenvalue weighted by Gasteiger charge is 2.31. The van der Waals surface area contributed by atoms with Crippen molar-refractivity contribution in [2.75, 3.05) is 18.0 Å². The van der Waals surface area contributed by atoms with Crippen LogP contribution < -0.4 is 4.90 Å². The second kappa shape index (κ2) is 6.34. The van der Waals surface area contributed by atoms with Crippen molar-refractivity contribution in [2.45, 2.75) is 0 Å². The van der Waals surface area contributed by atoms with E-state index in [4.69, 9.17) is 11.6 Å². The lowest BCUT2D eigenvalue weighted by molar-refractivity contribution is -0.129. The minimum absolute atomic E-state index is 0.0179. The number of carboxylic acids is 1. The van der Waals surface area contributed by atoms with Crippen LogP contribution in [0, 0.1) is 5.82 Å². The van der Waals surface area contributed by atoms with Crippen molar-refractivity contribution >= 4 is 40.5 Å². The van der Waals surface area contributed by atoms with Gasteiger partial charge in [0.1, 0.15) is 5.82 Å². The monoisotopic (exact) mass is 370 g/mol. The zero-order chi connectivity index (χ0) is 18.3. The highest BCUT2D eigenvalue weighted by atomic mass is 35.5. The topological polar surface area (TPSA) is 77.6 Å². The van der Waals surface area contributed by atoms with Crippen LogP contribution in [0.2, 0.25) is 5.02 Å². The van der Waals surface area contributed by atoms with Gasteiger partial charge in [-0.25, -0.2) is 9.18 Å². The number of carbonyl (C=O) groups is 1. The molecule has 0 aromatic heterocycles. The Labute approximate surface area is 153 Å². The molecule has 0 bridgehead atoms. The largest absolute Gasteiger partial charge is 0.477 e. The van der Waals surface area contributed by atoms with E-state index in [0.717, 1.165) is 0 Å². The van der Waals surface area contributed by atoms with Gasteiger partial charge in [-0.2, -0.15) is 0 Å². The molecule has 130 valence electrons. The van der Waals surface area contributed by atoms with Crippen molar-refractivity contribution in [2.24, 2.45) is 15.2 Å². The average molecular weight is 371 g/mol. The number of amidine groups is 1. The number of anilines is 1. The summed E-state index contributed by atoms with van der Waals surface area (Å²) in [5, 5.41) is 17.4. The van der Waals surface area contributed by atoms with Gasteiger partial charge in [0.15, 0.2) is 11.5 Å². The van der Waals surface area contributed by atoms with Crippen molar-refractivity contribution in [3.63, 3.8) is 0 Å². The molecule has 0 amide bonds. The zero-order valence-electron chi connectivity index (χ0n) is 13.4. The number of hydrogen-bond acceptors (Lipinski definition) is 5. The fourth-order valence-electron chi connectivity index (χ4n) is 2.97. The minimum Gasteiger partial charge on any atom is -0.477 e. The lowest BCUT2D eigenvalue weighted by Crippen LogP contribution is -2.42. The van der Waals surface area contributed by atoms with Gasteiger partial charge < -0.3 is 10.0 Å². The molecule has 0 spiro atoms. The first-order valence-electron chi connectivity index (χ1n) is 7.78. The van der Waals surface area contributed by atoms with E-state index in [1.165, 1.54) is 6.07 Å². The first kappa shape index (κ1) is 16.4. The standard InChI is InChI=1S/C18H12ClFN4O2/c19-11-5-2-1-4-10(11)17-16-12(20)6-3-7-14(16)24-9-13(18(25)26)22-23-15(24)8-21-17/h1-7H,8-9H2,(H,25,26). The molecule has 26 heavy (non-hydrogen) atoms. The van der Waals surface area contributed by atoms with Crippen LogP contribution in [-0.2, 0) is 4.79 Å². The predicted octanol–water partition coefficient (Wildman–Crippen LogP) is 2.99. The summed E-state index contributed by atoms with van der Waals surface area (Å²) in [7, 11) is 0. The Kier molecular flexibility index (Phi) is 4.00. The van der Waals surface area contributed by atoms with E-state index in [-0.39, 0.29) is 24.4 Å². The van der Waals surface area contributed by atoms with E-state index >= 15 is 0 Å². The van der Waals surface area contributed by atoms with E-state index in [0.29, 0.717) is 27.8 Å². The van der Waals surface area contributed by atoms with Crippen LogP contribution >= 0.6 is 11.6 Å². The average Bonchev–Trinajstić information content (AvgIpc) is 2.80. The molecule has 6 nitrogen and oxygen atoms in total. The molecule has 2 aromatic rings. The van der Waals surface area contributed by atoms with Crippen LogP contribution in [0.4, 0.5) is 10.1 Å². The molecule has 1 N–H and O–H groups in total. The maximum Gasteiger partial charge on any atom is 0.354 e. The van der Waals surface area contributed by atoms with E-state index in [9.17, 15) is 14.3 Å². The van der Waals surface area contributed by atoms with Gasteiger partial charge in [-0.3, -0.25) is 4.99 Å². The number of nitrogens with zero attached hydrogens (tertiary/aromatic N) is 4. The van der Waals surface area contributed by atoms with Crippen molar-refractivity contribution in [3.8, 4) is 0 Å². The van der Waals surface area contributed by atoms with Crippen molar-refractivity contribution in [1.29, 1.82) is 0 Å². The van der Waals surface area contributed by atoms with Crippen LogP contribution in [0.1, 0.15) is 11.1 Å². The first-order valence-corrected chi connectivity index (χ1v) is 8.16. The molecule has 2 aliphatic heterocycles. The second-order valence-corrected chi connectivity index (χ2v) is 6.14. The van der Waals surface area contributed by atoms with Crippen molar-refractivity contribution < 1.29 is 14.3 Å². The summed E-state index contributed by atoms with van der Waals surface area (Å²) in [5.41, 5.74) is 1.62. The van der Waals surface area contributed by atoms with Crippen LogP contribution in [0.5, 0.6) is 0 Å². The molecule has 2 aromatic carbocycles. The third kappa shape index (κ3) is 2.66. The fourth-order valence-corrected chi connectivity index (χ4v) is 3.20. The Morgan fingerprint density at radius 2 is 1.96 bits per heavy atom. The number of carboxylic acid groups (broad SMARTS) is 1. The van der Waals surface area contributed by atoms with Crippen LogP contribution in [0.3, 0.4) is 0 Å². The van der Waals surface area contributed by atoms with Gasteiger partial charge in [0.05, 0.1) is 30.1 Å². The lowest BCUT2D eigenvalue weighted by atomic mass is 9.99.